The molecule has 1 aromatic heterocycles. The third-order valence-electron chi connectivity index (χ3n) is 3.85. The van der Waals surface area contributed by atoms with Crippen LogP contribution in [0.25, 0.3) is 6.08 Å². The molecule has 4 nitrogen and oxygen atoms in total. The number of nitrogens with zero attached hydrogens (tertiary/aromatic N) is 1. The summed E-state index contributed by atoms with van der Waals surface area (Å²) in [5, 5.41) is 1.90. The molecule has 27 heavy (non-hydrogen) atoms. The summed E-state index contributed by atoms with van der Waals surface area (Å²) in [6, 6.07) is 17.2. The van der Waals surface area contributed by atoms with Gasteiger partial charge < -0.3 is 9.47 Å². The molecule has 0 amide bonds. The lowest BCUT2D eigenvalue weighted by Gasteiger charge is -2.06. The highest BCUT2D eigenvalue weighted by molar-refractivity contribution is 7.12. The molecule has 1 aliphatic heterocycles. The van der Waals surface area contributed by atoms with E-state index in [1.54, 1.807) is 30.3 Å². The van der Waals surface area contributed by atoms with Gasteiger partial charge in [-0.2, -0.15) is 0 Å². The van der Waals surface area contributed by atoms with Gasteiger partial charge in [-0.25, -0.2) is 14.2 Å². The van der Waals surface area contributed by atoms with E-state index in [2.05, 4.69) is 4.99 Å². The number of cyclic esters (lactones) is 1. The van der Waals surface area contributed by atoms with E-state index < -0.39 is 5.97 Å². The minimum Gasteiger partial charge on any atom is -0.489 e. The number of hydrogen-bond acceptors (Lipinski definition) is 5. The molecule has 2 aromatic carbocycles. The number of ether oxygens (including phenoxy) is 2. The van der Waals surface area contributed by atoms with Crippen LogP contribution in [-0.4, -0.2) is 11.9 Å². The van der Waals surface area contributed by atoms with Crippen LogP contribution in [-0.2, 0) is 16.1 Å². The Morgan fingerprint density at radius 1 is 1.07 bits per heavy atom. The van der Waals surface area contributed by atoms with Crippen LogP contribution in [0.4, 0.5) is 4.39 Å². The summed E-state index contributed by atoms with van der Waals surface area (Å²) in [6.45, 7) is 0.349. The van der Waals surface area contributed by atoms with E-state index in [-0.39, 0.29) is 11.5 Å². The molecule has 0 radical (unpaired) electrons. The van der Waals surface area contributed by atoms with Gasteiger partial charge in [0, 0.05) is 0 Å². The van der Waals surface area contributed by atoms with Crippen molar-refractivity contribution in [2.45, 2.75) is 6.61 Å². The molecule has 2 heterocycles. The SMILES string of the molecule is O=C1OC(c2cccs2)=NC1=Cc1ccc(OCc2ccc(F)cc2)cc1. The van der Waals surface area contributed by atoms with Crippen LogP contribution in [0, 0.1) is 5.82 Å². The number of carbonyl (C=O) groups excluding carboxylic acids is 1. The summed E-state index contributed by atoms with van der Waals surface area (Å²) in [5.74, 6) is 0.278. The molecular weight excluding hydrogens is 365 g/mol. The topological polar surface area (TPSA) is 47.9 Å². The summed E-state index contributed by atoms with van der Waals surface area (Å²) < 4.78 is 23.8. The Hall–Kier alpha value is -3.25. The molecule has 0 bridgehead atoms. The number of esters is 1. The molecule has 4 rings (SSSR count). The summed E-state index contributed by atoms with van der Waals surface area (Å²) in [5.41, 5.74) is 1.96. The summed E-state index contributed by atoms with van der Waals surface area (Å²) in [7, 11) is 0. The number of hydrogen-bond donors (Lipinski definition) is 0. The first-order chi connectivity index (χ1) is 13.2. The Morgan fingerprint density at radius 3 is 2.56 bits per heavy atom. The molecular formula is C21H14FNO3S. The van der Waals surface area contributed by atoms with Crippen LogP contribution in [0.2, 0.25) is 0 Å². The quantitative estimate of drug-likeness (QED) is 0.472. The molecule has 0 saturated carbocycles. The summed E-state index contributed by atoms with van der Waals surface area (Å²) in [6.07, 6.45) is 1.67. The Morgan fingerprint density at radius 2 is 1.85 bits per heavy atom. The standard InChI is InChI=1S/C21H14FNO3S/c22-16-7-3-15(4-8-16)13-25-17-9-5-14(6-10-17)12-18-21(24)26-20(23-18)19-2-1-11-27-19/h1-12H,13H2. The van der Waals surface area contributed by atoms with Crippen molar-refractivity contribution in [3.63, 3.8) is 0 Å². The Balaban J connectivity index is 1.43. The van der Waals surface area contributed by atoms with Crippen molar-refractivity contribution in [3.05, 3.63) is 93.6 Å². The van der Waals surface area contributed by atoms with Gasteiger partial charge in [0.1, 0.15) is 18.2 Å². The molecule has 0 N–H and O–H groups in total. The predicted octanol–water partition coefficient (Wildman–Crippen LogP) is 4.81. The van der Waals surface area contributed by atoms with Gasteiger partial charge in [-0.3, -0.25) is 0 Å². The highest BCUT2D eigenvalue weighted by Gasteiger charge is 2.24. The lowest BCUT2D eigenvalue weighted by molar-refractivity contribution is -0.129. The van der Waals surface area contributed by atoms with Crippen molar-refractivity contribution in [1.82, 2.24) is 0 Å². The second kappa shape index (κ2) is 7.55. The molecule has 0 fully saturated rings. The normalized spacial score (nSPS) is 14.9. The van der Waals surface area contributed by atoms with Gasteiger partial charge in [-0.15, -0.1) is 11.3 Å². The molecule has 3 aromatic rings. The van der Waals surface area contributed by atoms with Gasteiger partial charge in [0.15, 0.2) is 5.70 Å². The third-order valence-corrected chi connectivity index (χ3v) is 4.71. The minimum absolute atomic E-state index is 0.262. The second-order valence-corrected chi connectivity index (χ2v) is 6.75. The number of rotatable bonds is 5. The predicted molar refractivity (Wildman–Crippen MR) is 102 cm³/mol. The maximum atomic E-state index is 12.9. The van der Waals surface area contributed by atoms with Gasteiger partial charge in [0.05, 0.1) is 4.88 Å². The fraction of sp³-hybridized carbons (Fsp3) is 0.0476. The lowest BCUT2D eigenvalue weighted by Crippen LogP contribution is -2.03. The van der Waals surface area contributed by atoms with Crippen LogP contribution in [0.5, 0.6) is 5.75 Å². The van der Waals surface area contributed by atoms with Gasteiger partial charge in [0.2, 0.25) is 5.90 Å². The molecule has 1 aliphatic rings. The first kappa shape index (κ1) is 17.2. The molecule has 0 saturated heterocycles. The number of benzene rings is 2. The summed E-state index contributed by atoms with van der Waals surface area (Å²) >= 11 is 1.46. The van der Waals surface area contributed by atoms with Crippen LogP contribution in [0.3, 0.4) is 0 Å². The monoisotopic (exact) mass is 379 g/mol. The smallest absolute Gasteiger partial charge is 0.363 e. The van der Waals surface area contributed by atoms with Gasteiger partial charge in [0.25, 0.3) is 0 Å². The van der Waals surface area contributed by atoms with Gasteiger partial charge in [-0.05, 0) is 52.9 Å². The van der Waals surface area contributed by atoms with Crippen LogP contribution >= 0.6 is 11.3 Å². The van der Waals surface area contributed by atoms with E-state index >= 15 is 0 Å². The van der Waals surface area contributed by atoms with Crippen molar-refractivity contribution in [3.8, 4) is 5.75 Å². The second-order valence-electron chi connectivity index (χ2n) is 5.80. The van der Waals surface area contributed by atoms with Crippen molar-refractivity contribution in [2.24, 2.45) is 4.99 Å². The van der Waals surface area contributed by atoms with E-state index in [1.165, 1.54) is 23.5 Å². The molecule has 134 valence electrons. The molecule has 6 heteroatoms. The van der Waals surface area contributed by atoms with Gasteiger partial charge >= 0.3 is 5.97 Å². The maximum Gasteiger partial charge on any atom is 0.363 e. The van der Waals surface area contributed by atoms with E-state index in [1.807, 2.05) is 29.6 Å². The zero-order chi connectivity index (χ0) is 18.6. The summed E-state index contributed by atoms with van der Waals surface area (Å²) in [4.78, 5) is 17.1. The van der Waals surface area contributed by atoms with Crippen LogP contribution < -0.4 is 4.74 Å². The fourth-order valence-electron chi connectivity index (χ4n) is 2.48. The number of carbonyl (C=O) groups is 1. The molecule has 0 unspecified atom stereocenters. The average molecular weight is 379 g/mol. The van der Waals surface area contributed by atoms with Gasteiger partial charge in [-0.1, -0.05) is 30.3 Å². The largest absolute Gasteiger partial charge is 0.489 e. The third kappa shape index (κ3) is 4.12. The number of thiophene rings is 1. The average Bonchev–Trinajstić information content (AvgIpc) is 3.33. The Kier molecular flexibility index (Phi) is 4.80. The van der Waals surface area contributed by atoms with Crippen molar-refractivity contribution < 1.29 is 18.7 Å². The van der Waals surface area contributed by atoms with Crippen LogP contribution in [0.15, 0.2) is 76.7 Å². The number of halogens is 1. The van der Waals surface area contributed by atoms with Crippen molar-refractivity contribution in [2.75, 3.05) is 0 Å². The molecule has 0 aliphatic carbocycles. The zero-order valence-corrected chi connectivity index (χ0v) is 14.9. The molecule has 0 atom stereocenters. The van der Waals surface area contributed by atoms with Crippen molar-refractivity contribution in [1.29, 1.82) is 0 Å². The first-order valence-corrected chi connectivity index (χ1v) is 9.09. The van der Waals surface area contributed by atoms with Crippen LogP contribution in [0.1, 0.15) is 16.0 Å². The zero-order valence-electron chi connectivity index (χ0n) is 14.1. The Labute approximate surface area is 159 Å². The fourth-order valence-corrected chi connectivity index (χ4v) is 3.13. The minimum atomic E-state index is -0.463. The highest BCUT2D eigenvalue weighted by Crippen LogP contribution is 2.22. The van der Waals surface area contributed by atoms with E-state index in [0.717, 1.165) is 16.0 Å². The number of aliphatic imine (C=N–C) groups is 1. The van der Waals surface area contributed by atoms with Crippen molar-refractivity contribution >= 4 is 29.3 Å². The maximum absolute atomic E-state index is 12.9. The highest BCUT2D eigenvalue weighted by atomic mass is 32.1. The van der Waals surface area contributed by atoms with E-state index in [9.17, 15) is 9.18 Å². The van der Waals surface area contributed by atoms with E-state index in [0.29, 0.717) is 18.3 Å². The first-order valence-electron chi connectivity index (χ1n) is 8.21. The Bertz CT molecular complexity index is 1010. The lowest BCUT2D eigenvalue weighted by atomic mass is 10.2. The van der Waals surface area contributed by atoms with E-state index in [4.69, 9.17) is 9.47 Å². The molecule has 0 spiro atoms.